The predicted octanol–water partition coefficient (Wildman–Crippen LogP) is 3.26. The fraction of sp³-hybridized carbons (Fsp3) is 0.364. The molecule has 1 saturated heterocycles. The lowest BCUT2D eigenvalue weighted by Gasteiger charge is -2.07. The van der Waals surface area contributed by atoms with Gasteiger partial charge in [-0.3, -0.25) is 4.79 Å². The molecule has 4 aromatic rings. The number of pyridine rings is 1. The van der Waals surface area contributed by atoms with Crippen molar-refractivity contribution in [2.45, 2.75) is 31.2 Å². The number of rotatable bonds is 4. The van der Waals surface area contributed by atoms with Gasteiger partial charge >= 0.3 is 0 Å². The molecule has 9 nitrogen and oxygen atoms in total. The Morgan fingerprint density at radius 3 is 2.67 bits per heavy atom. The van der Waals surface area contributed by atoms with Crippen LogP contribution in [-0.2, 0) is 4.74 Å². The Hall–Kier alpha value is -3.60. The number of hydrogen-bond acceptors (Lipinski definition) is 6. The van der Waals surface area contributed by atoms with E-state index in [-0.39, 0.29) is 17.6 Å². The largest absolute Gasteiger partial charge is 0.381 e. The van der Waals surface area contributed by atoms with E-state index in [1.165, 1.54) is 28.1 Å². The van der Waals surface area contributed by atoms with Crippen LogP contribution in [0.2, 0.25) is 0 Å². The number of amides is 1. The standard InChI is InChI=1S/C18H15F2N7O.C4H8O/c1-22-14-5-12(25-17-10(15(21)28)7-24-27(14)17)11-8-26(13-6-18(13,19)20)16-9(11)3-2-4-23-16;1-2-4-5-3-1/h2-5,7-8,13,22H,6H2,1H3,(H2,21,28);1-4H2. The lowest BCUT2D eigenvalue weighted by atomic mass is 10.1. The highest BCUT2D eigenvalue weighted by Crippen LogP contribution is 2.54. The van der Waals surface area contributed by atoms with Gasteiger partial charge in [0.15, 0.2) is 5.65 Å². The maximum Gasteiger partial charge on any atom is 0.270 e. The zero-order valence-corrected chi connectivity index (χ0v) is 18.0. The van der Waals surface area contributed by atoms with Crippen molar-refractivity contribution in [1.82, 2.24) is 24.1 Å². The molecule has 0 radical (unpaired) electrons. The lowest BCUT2D eigenvalue weighted by Crippen LogP contribution is -2.11. The molecule has 5 heterocycles. The number of carbonyl (C=O) groups is 1. The minimum atomic E-state index is -2.74. The molecule has 11 heteroatoms. The van der Waals surface area contributed by atoms with Crippen LogP contribution < -0.4 is 11.1 Å². The summed E-state index contributed by atoms with van der Waals surface area (Å²) in [5.74, 6) is -2.81. The molecule has 0 aromatic carbocycles. The molecule has 0 bridgehead atoms. The molecule has 0 spiro atoms. The highest BCUT2D eigenvalue weighted by molar-refractivity contribution is 6.00. The van der Waals surface area contributed by atoms with E-state index in [4.69, 9.17) is 10.5 Å². The quantitative estimate of drug-likeness (QED) is 0.489. The van der Waals surface area contributed by atoms with Gasteiger partial charge in [0, 0.05) is 56.1 Å². The topological polar surface area (TPSA) is 112 Å². The van der Waals surface area contributed by atoms with Crippen LogP contribution in [0.15, 0.2) is 36.8 Å². The summed E-state index contributed by atoms with van der Waals surface area (Å²) in [6.45, 7) is 2.00. The van der Waals surface area contributed by atoms with Gasteiger partial charge in [0.1, 0.15) is 23.1 Å². The van der Waals surface area contributed by atoms with Crippen LogP contribution in [0.3, 0.4) is 0 Å². The van der Waals surface area contributed by atoms with E-state index in [0.29, 0.717) is 28.1 Å². The zero-order valence-electron chi connectivity index (χ0n) is 18.0. The van der Waals surface area contributed by atoms with Crippen LogP contribution >= 0.6 is 0 Å². The van der Waals surface area contributed by atoms with Gasteiger partial charge in [-0.05, 0) is 25.0 Å². The van der Waals surface area contributed by atoms with E-state index in [1.54, 1.807) is 31.6 Å². The number of primary amides is 1. The number of nitrogens with two attached hydrogens (primary N) is 1. The second-order valence-corrected chi connectivity index (χ2v) is 8.06. The van der Waals surface area contributed by atoms with Crippen LogP contribution in [0.4, 0.5) is 14.6 Å². The molecule has 1 unspecified atom stereocenters. The van der Waals surface area contributed by atoms with Gasteiger partial charge in [-0.1, -0.05) is 0 Å². The minimum Gasteiger partial charge on any atom is -0.381 e. The van der Waals surface area contributed by atoms with Crippen molar-refractivity contribution in [3.05, 3.63) is 42.4 Å². The predicted molar refractivity (Wildman–Crippen MR) is 118 cm³/mol. The fourth-order valence-electron chi connectivity index (χ4n) is 3.99. The number of ether oxygens (including phenoxy) is 1. The normalized spacial score (nSPS) is 18.8. The molecule has 2 fully saturated rings. The Kier molecular flexibility index (Phi) is 5.20. The number of alkyl halides is 2. The molecule has 1 aliphatic carbocycles. The van der Waals surface area contributed by atoms with Crippen molar-refractivity contribution in [1.29, 1.82) is 0 Å². The molecule has 1 aliphatic heterocycles. The van der Waals surface area contributed by atoms with E-state index < -0.39 is 17.9 Å². The first kappa shape index (κ1) is 21.3. The number of hydrogen-bond donors (Lipinski definition) is 2. The van der Waals surface area contributed by atoms with Crippen molar-refractivity contribution in [2.24, 2.45) is 5.73 Å². The highest BCUT2D eigenvalue weighted by atomic mass is 19.3. The van der Waals surface area contributed by atoms with Gasteiger partial charge in [0.25, 0.3) is 11.8 Å². The van der Waals surface area contributed by atoms with Gasteiger partial charge in [-0.25, -0.2) is 18.7 Å². The fourth-order valence-corrected chi connectivity index (χ4v) is 3.99. The summed E-state index contributed by atoms with van der Waals surface area (Å²) in [6.07, 6.45) is 6.91. The maximum absolute atomic E-state index is 13.7. The van der Waals surface area contributed by atoms with Gasteiger partial charge in [0.2, 0.25) is 0 Å². The molecule has 1 saturated carbocycles. The Bertz CT molecular complexity index is 1340. The van der Waals surface area contributed by atoms with Gasteiger partial charge in [-0.2, -0.15) is 9.61 Å². The molecule has 1 atom stereocenters. The van der Waals surface area contributed by atoms with Crippen LogP contribution in [0, 0.1) is 0 Å². The molecule has 172 valence electrons. The maximum atomic E-state index is 13.7. The number of aromatic nitrogens is 5. The van der Waals surface area contributed by atoms with E-state index in [2.05, 4.69) is 20.4 Å². The molecular weight excluding hydrogens is 432 g/mol. The third kappa shape index (κ3) is 3.78. The summed E-state index contributed by atoms with van der Waals surface area (Å²) in [6, 6.07) is 4.38. The molecule has 1 amide bonds. The average molecular weight is 455 g/mol. The van der Waals surface area contributed by atoms with Crippen LogP contribution in [0.25, 0.3) is 27.9 Å². The molecule has 4 aromatic heterocycles. The first-order valence-corrected chi connectivity index (χ1v) is 10.7. The van der Waals surface area contributed by atoms with Crippen LogP contribution in [-0.4, -0.2) is 56.2 Å². The monoisotopic (exact) mass is 455 g/mol. The number of nitrogens with one attached hydrogen (secondary N) is 1. The second kappa shape index (κ2) is 8.07. The minimum absolute atomic E-state index is 0.175. The number of fused-ring (bicyclic) bond motifs is 2. The van der Waals surface area contributed by atoms with Gasteiger partial charge in [0.05, 0.1) is 11.9 Å². The first-order valence-electron chi connectivity index (χ1n) is 10.7. The van der Waals surface area contributed by atoms with E-state index in [0.717, 1.165) is 13.2 Å². The summed E-state index contributed by atoms with van der Waals surface area (Å²) < 4.78 is 35.3. The summed E-state index contributed by atoms with van der Waals surface area (Å²) in [7, 11) is 1.71. The number of nitrogens with zero attached hydrogens (tertiary/aromatic N) is 5. The Balaban J connectivity index is 0.000000406. The van der Waals surface area contributed by atoms with Crippen LogP contribution in [0.1, 0.15) is 35.7 Å². The number of carbonyl (C=O) groups excluding carboxylic acids is 1. The third-order valence-corrected chi connectivity index (χ3v) is 5.81. The van der Waals surface area contributed by atoms with Crippen molar-refractivity contribution in [3.8, 4) is 11.3 Å². The number of anilines is 1. The first-order chi connectivity index (χ1) is 15.9. The summed E-state index contributed by atoms with van der Waals surface area (Å²) in [4.78, 5) is 20.6. The summed E-state index contributed by atoms with van der Waals surface area (Å²) >= 11 is 0. The van der Waals surface area contributed by atoms with E-state index in [9.17, 15) is 13.6 Å². The average Bonchev–Trinajstić information content (AvgIpc) is 3.34. The van der Waals surface area contributed by atoms with Crippen molar-refractivity contribution in [3.63, 3.8) is 0 Å². The molecule has 6 rings (SSSR count). The van der Waals surface area contributed by atoms with Gasteiger partial charge < -0.3 is 20.4 Å². The molecule has 33 heavy (non-hydrogen) atoms. The Morgan fingerprint density at radius 1 is 1.30 bits per heavy atom. The van der Waals surface area contributed by atoms with Crippen molar-refractivity contribution >= 4 is 28.4 Å². The highest BCUT2D eigenvalue weighted by Gasteiger charge is 2.58. The SMILES string of the molecule is C1CCOC1.CNc1cc(-c2cn(C3CC3(F)F)c3ncccc23)nc2c(C(N)=O)cnn12. The summed E-state index contributed by atoms with van der Waals surface area (Å²) in [5.41, 5.74) is 7.50. The Morgan fingerprint density at radius 2 is 2.06 bits per heavy atom. The second-order valence-electron chi connectivity index (χ2n) is 8.06. The molecule has 2 aliphatic rings. The lowest BCUT2D eigenvalue weighted by molar-refractivity contribution is 0.0998. The summed E-state index contributed by atoms with van der Waals surface area (Å²) in [5, 5.41) is 7.84. The van der Waals surface area contributed by atoms with Gasteiger partial charge in [-0.15, -0.1) is 0 Å². The van der Waals surface area contributed by atoms with Crippen molar-refractivity contribution in [2.75, 3.05) is 25.6 Å². The van der Waals surface area contributed by atoms with E-state index in [1.807, 2.05) is 6.07 Å². The molecule has 3 N–H and O–H groups in total. The smallest absolute Gasteiger partial charge is 0.270 e. The molecular formula is C22H23F2N7O2. The van der Waals surface area contributed by atoms with E-state index >= 15 is 0 Å². The third-order valence-electron chi connectivity index (χ3n) is 5.81. The van der Waals surface area contributed by atoms with Crippen LogP contribution in [0.5, 0.6) is 0 Å². The van der Waals surface area contributed by atoms with Crippen molar-refractivity contribution < 1.29 is 18.3 Å². The zero-order chi connectivity index (χ0) is 23.2. The Labute approximate surface area is 187 Å². The number of halogens is 2.